The summed E-state index contributed by atoms with van der Waals surface area (Å²) in [7, 11) is 2.00. The Morgan fingerprint density at radius 2 is 1.85 bits per heavy atom. The maximum absolute atomic E-state index is 5.84. The lowest BCUT2D eigenvalue weighted by Gasteiger charge is -1.93. The molecule has 0 saturated carbocycles. The molecule has 3 rings (SSSR count). The van der Waals surface area contributed by atoms with Gasteiger partial charge in [0.25, 0.3) is 0 Å². The fourth-order valence-corrected chi connectivity index (χ4v) is 2.97. The van der Waals surface area contributed by atoms with Crippen LogP contribution in [-0.2, 0) is 7.05 Å². The largest absolute Gasteiger partial charge is 0.318 e. The third kappa shape index (κ3) is 2.66. The first-order valence-electron chi connectivity index (χ1n) is 6.11. The van der Waals surface area contributed by atoms with Gasteiger partial charge in [0.1, 0.15) is 0 Å². The molecule has 1 aromatic heterocycles. The SMILES string of the molecule is Cn1/c(=N\N=C/c2ccc(Cl)cc2)sc2ccccc21. The number of nitrogens with zero attached hydrogens (tertiary/aromatic N) is 3. The van der Waals surface area contributed by atoms with E-state index in [2.05, 4.69) is 22.3 Å². The first-order chi connectivity index (χ1) is 9.74. The van der Waals surface area contributed by atoms with Crippen LogP contribution in [0, 0.1) is 0 Å². The van der Waals surface area contributed by atoms with E-state index in [1.54, 1.807) is 17.6 Å². The van der Waals surface area contributed by atoms with Gasteiger partial charge in [-0.05, 0) is 29.8 Å². The van der Waals surface area contributed by atoms with E-state index in [1.807, 2.05) is 48.0 Å². The van der Waals surface area contributed by atoms with Crippen LogP contribution in [0.1, 0.15) is 5.56 Å². The van der Waals surface area contributed by atoms with E-state index >= 15 is 0 Å². The van der Waals surface area contributed by atoms with Crippen molar-refractivity contribution in [1.82, 2.24) is 4.57 Å². The highest BCUT2D eigenvalue weighted by Crippen LogP contribution is 2.15. The van der Waals surface area contributed by atoms with Crippen molar-refractivity contribution in [3.63, 3.8) is 0 Å². The van der Waals surface area contributed by atoms with Crippen LogP contribution in [0.3, 0.4) is 0 Å². The molecule has 0 radical (unpaired) electrons. The maximum Gasteiger partial charge on any atom is 0.211 e. The summed E-state index contributed by atoms with van der Waals surface area (Å²) in [6.07, 6.45) is 1.72. The van der Waals surface area contributed by atoms with E-state index in [-0.39, 0.29) is 0 Å². The van der Waals surface area contributed by atoms with E-state index in [0.29, 0.717) is 0 Å². The van der Waals surface area contributed by atoms with Crippen molar-refractivity contribution in [2.75, 3.05) is 0 Å². The fraction of sp³-hybridized carbons (Fsp3) is 0.0667. The molecule has 0 fully saturated rings. The number of aryl methyl sites for hydroxylation is 1. The topological polar surface area (TPSA) is 29.6 Å². The monoisotopic (exact) mass is 301 g/mol. The van der Waals surface area contributed by atoms with Crippen LogP contribution in [0.5, 0.6) is 0 Å². The summed E-state index contributed by atoms with van der Waals surface area (Å²) in [6.45, 7) is 0. The van der Waals surface area contributed by atoms with Crippen molar-refractivity contribution in [3.8, 4) is 0 Å². The molecule has 0 amide bonds. The second-order valence-corrected chi connectivity index (χ2v) is 5.75. The summed E-state index contributed by atoms with van der Waals surface area (Å²) in [5, 5.41) is 9.14. The quantitative estimate of drug-likeness (QED) is 0.509. The van der Waals surface area contributed by atoms with Crippen molar-refractivity contribution in [3.05, 3.63) is 63.9 Å². The lowest BCUT2D eigenvalue weighted by atomic mass is 10.2. The highest BCUT2D eigenvalue weighted by molar-refractivity contribution is 7.16. The number of hydrogen-bond acceptors (Lipinski definition) is 3. The summed E-state index contributed by atoms with van der Waals surface area (Å²) in [4.78, 5) is 0.872. The van der Waals surface area contributed by atoms with Crippen LogP contribution in [0.15, 0.2) is 58.7 Å². The molecule has 0 unspecified atom stereocenters. The average Bonchev–Trinajstić information content (AvgIpc) is 2.78. The zero-order valence-electron chi connectivity index (χ0n) is 10.8. The van der Waals surface area contributed by atoms with E-state index in [1.165, 1.54) is 4.70 Å². The van der Waals surface area contributed by atoms with Gasteiger partial charge >= 0.3 is 0 Å². The van der Waals surface area contributed by atoms with Crippen LogP contribution < -0.4 is 4.80 Å². The van der Waals surface area contributed by atoms with Gasteiger partial charge in [-0.1, -0.05) is 47.2 Å². The van der Waals surface area contributed by atoms with Crippen molar-refractivity contribution in [2.24, 2.45) is 17.3 Å². The maximum atomic E-state index is 5.84. The molecule has 3 nitrogen and oxygen atoms in total. The zero-order chi connectivity index (χ0) is 13.9. The first kappa shape index (κ1) is 13.1. The molecular formula is C15H12ClN3S. The third-order valence-corrected chi connectivity index (χ3v) is 4.29. The fourth-order valence-electron chi connectivity index (χ4n) is 1.87. The lowest BCUT2D eigenvalue weighted by Crippen LogP contribution is -2.08. The van der Waals surface area contributed by atoms with Crippen molar-refractivity contribution in [1.29, 1.82) is 0 Å². The highest BCUT2D eigenvalue weighted by Gasteiger charge is 2.00. The standard InChI is InChI=1S/C15H12ClN3S/c1-19-13-4-2-3-5-14(13)20-15(19)18-17-10-11-6-8-12(16)9-7-11/h2-10H,1H3/b17-10-,18-15+. The molecule has 1 heterocycles. The molecule has 20 heavy (non-hydrogen) atoms. The number of rotatable bonds is 2. The molecule has 100 valence electrons. The van der Waals surface area contributed by atoms with Crippen LogP contribution >= 0.6 is 22.9 Å². The molecule has 0 bridgehead atoms. The van der Waals surface area contributed by atoms with Gasteiger partial charge in [-0.2, -0.15) is 5.10 Å². The van der Waals surface area contributed by atoms with Gasteiger partial charge in [0.05, 0.1) is 16.4 Å². The van der Waals surface area contributed by atoms with Crippen LogP contribution in [0.4, 0.5) is 0 Å². The second kappa shape index (κ2) is 5.61. The van der Waals surface area contributed by atoms with Crippen molar-refractivity contribution in [2.45, 2.75) is 0 Å². The lowest BCUT2D eigenvalue weighted by molar-refractivity contribution is 0.889. The minimum atomic E-state index is 0.718. The van der Waals surface area contributed by atoms with Gasteiger partial charge in [0, 0.05) is 12.1 Å². The van der Waals surface area contributed by atoms with E-state index < -0.39 is 0 Å². The Kier molecular flexibility index (Phi) is 3.67. The Balaban J connectivity index is 1.94. The van der Waals surface area contributed by atoms with E-state index in [0.717, 1.165) is 20.9 Å². The van der Waals surface area contributed by atoms with Gasteiger partial charge in [-0.25, -0.2) is 0 Å². The number of benzene rings is 2. The van der Waals surface area contributed by atoms with Gasteiger partial charge in [-0.15, -0.1) is 5.10 Å². The first-order valence-corrected chi connectivity index (χ1v) is 7.31. The average molecular weight is 302 g/mol. The predicted molar refractivity (Wildman–Crippen MR) is 85.4 cm³/mol. The Morgan fingerprint density at radius 1 is 1.10 bits per heavy atom. The Hall–Kier alpha value is -1.91. The summed E-state index contributed by atoms with van der Waals surface area (Å²) in [5.41, 5.74) is 2.14. The summed E-state index contributed by atoms with van der Waals surface area (Å²) in [5.74, 6) is 0. The molecule has 0 spiro atoms. The number of halogens is 1. The number of para-hydroxylation sites is 1. The number of hydrogen-bond donors (Lipinski definition) is 0. The molecule has 3 aromatic rings. The second-order valence-electron chi connectivity index (χ2n) is 4.31. The van der Waals surface area contributed by atoms with Crippen LogP contribution in [-0.4, -0.2) is 10.8 Å². The molecule has 0 aliphatic carbocycles. The van der Waals surface area contributed by atoms with Crippen molar-refractivity contribution < 1.29 is 0 Å². The molecule has 0 N–H and O–H groups in total. The molecule has 0 saturated heterocycles. The molecule has 2 aromatic carbocycles. The van der Waals surface area contributed by atoms with E-state index in [9.17, 15) is 0 Å². The minimum Gasteiger partial charge on any atom is -0.318 e. The molecule has 0 atom stereocenters. The molecule has 5 heteroatoms. The Labute approximate surface area is 125 Å². The summed E-state index contributed by atoms with van der Waals surface area (Å²) in [6, 6.07) is 15.7. The van der Waals surface area contributed by atoms with Gasteiger partial charge in [-0.3, -0.25) is 0 Å². The zero-order valence-corrected chi connectivity index (χ0v) is 12.4. The Bertz CT molecular complexity index is 828. The highest BCUT2D eigenvalue weighted by atomic mass is 35.5. The number of fused-ring (bicyclic) bond motifs is 1. The van der Waals surface area contributed by atoms with Gasteiger partial charge in [0.15, 0.2) is 0 Å². The molecular weight excluding hydrogens is 290 g/mol. The summed E-state index contributed by atoms with van der Waals surface area (Å²) < 4.78 is 3.24. The molecule has 0 aliphatic heterocycles. The third-order valence-electron chi connectivity index (χ3n) is 2.93. The van der Waals surface area contributed by atoms with Gasteiger partial charge in [0.2, 0.25) is 4.80 Å². The predicted octanol–water partition coefficient (Wildman–Crippen LogP) is 3.83. The van der Waals surface area contributed by atoms with Crippen LogP contribution in [0.25, 0.3) is 10.2 Å². The number of thiazole rings is 1. The Morgan fingerprint density at radius 3 is 2.60 bits per heavy atom. The normalized spacial score (nSPS) is 12.6. The van der Waals surface area contributed by atoms with E-state index in [4.69, 9.17) is 11.6 Å². The van der Waals surface area contributed by atoms with Crippen molar-refractivity contribution >= 4 is 39.4 Å². The smallest absolute Gasteiger partial charge is 0.211 e. The summed E-state index contributed by atoms with van der Waals surface area (Å²) >= 11 is 7.46. The van der Waals surface area contributed by atoms with Crippen LogP contribution in [0.2, 0.25) is 5.02 Å². The minimum absolute atomic E-state index is 0.718. The molecule has 0 aliphatic rings. The number of aromatic nitrogens is 1. The van der Waals surface area contributed by atoms with Gasteiger partial charge < -0.3 is 4.57 Å².